The highest BCUT2D eigenvalue weighted by atomic mass is 32.2. The number of anilines is 2. The van der Waals surface area contributed by atoms with E-state index in [-0.39, 0.29) is 9.79 Å². The molecule has 20 heteroatoms. The largest absolute Gasteiger partial charge is 0.497 e. The average Bonchev–Trinajstić information content (AvgIpc) is 4.06. The van der Waals surface area contributed by atoms with Gasteiger partial charge in [0.1, 0.15) is 23.0 Å². The predicted octanol–water partition coefficient (Wildman–Crippen LogP) is 6.69. The van der Waals surface area contributed by atoms with Crippen molar-refractivity contribution < 1.29 is 45.3 Å². The van der Waals surface area contributed by atoms with Crippen molar-refractivity contribution in [2.45, 2.75) is 9.79 Å². The molecule has 2 aromatic heterocycles. The minimum Gasteiger partial charge on any atom is -0.497 e. The number of benzene rings is 4. The number of piperazine rings is 2. The van der Waals surface area contributed by atoms with Gasteiger partial charge in [-0.25, -0.2) is 26.8 Å². The predicted molar refractivity (Wildman–Crippen MR) is 249 cm³/mol. The Labute approximate surface area is 382 Å². The average molecular weight is 951 g/mol. The molecule has 340 valence electrons. The van der Waals surface area contributed by atoms with Crippen LogP contribution in [-0.4, -0.2) is 130 Å². The monoisotopic (exact) mass is 950 g/mol. The molecular formula is C44H50N6O10S4. The van der Waals surface area contributed by atoms with Gasteiger partial charge in [-0.15, -0.1) is 22.7 Å². The van der Waals surface area contributed by atoms with Crippen LogP contribution in [0.4, 0.5) is 10.3 Å². The van der Waals surface area contributed by atoms with Crippen molar-refractivity contribution in [1.82, 2.24) is 18.6 Å². The summed E-state index contributed by atoms with van der Waals surface area (Å²) >= 11 is 3.08. The van der Waals surface area contributed by atoms with Gasteiger partial charge in [0.05, 0.1) is 63.8 Å². The van der Waals surface area contributed by atoms with Crippen molar-refractivity contribution in [2.75, 3.05) is 105 Å². The summed E-state index contributed by atoms with van der Waals surface area (Å²) in [7, 11) is 2.47. The fraction of sp³-hybridized carbons (Fsp3) is 0.318. The smallest absolute Gasteiger partial charge is 0.243 e. The standard InChI is InChI=1S/2C22H25N3O5S2/c1-28-17-5-7-18(8-6-17)32(26,27)25-12-10-24(11-13-25)22-23-19(15-31-22)16-4-9-20(29-2)21(14-16)30-3;1-28-17-4-6-20(7-5-17)32(26,27)25-10-8-24(9-11-25)22-23-21(15-31-22)16-12-18(29-2)14-19(13-16)30-3/h4-9,14-15H,10-13H2,1-3H3;4-7,12-15H,8-11H2,1-3H3. The van der Waals surface area contributed by atoms with Crippen LogP contribution < -0.4 is 38.2 Å². The van der Waals surface area contributed by atoms with Gasteiger partial charge in [0.15, 0.2) is 21.8 Å². The molecule has 0 amide bonds. The Kier molecular flexibility index (Phi) is 14.8. The summed E-state index contributed by atoms with van der Waals surface area (Å²) in [6.07, 6.45) is 0. The van der Waals surface area contributed by atoms with Crippen LogP contribution in [-0.2, 0) is 20.0 Å². The van der Waals surface area contributed by atoms with E-state index >= 15 is 0 Å². The van der Waals surface area contributed by atoms with Gasteiger partial charge < -0.3 is 38.2 Å². The van der Waals surface area contributed by atoms with Gasteiger partial charge in [-0.2, -0.15) is 8.61 Å². The Morgan fingerprint density at radius 3 is 1.23 bits per heavy atom. The number of methoxy groups -OCH3 is 6. The maximum absolute atomic E-state index is 13.0. The van der Waals surface area contributed by atoms with Crippen LogP contribution >= 0.6 is 22.7 Å². The van der Waals surface area contributed by atoms with Crippen LogP contribution in [0.25, 0.3) is 22.5 Å². The molecule has 0 unspecified atom stereocenters. The second-order valence-corrected chi connectivity index (χ2v) is 19.9. The lowest BCUT2D eigenvalue weighted by Crippen LogP contribution is -2.48. The summed E-state index contributed by atoms with van der Waals surface area (Å²) in [6, 6.07) is 24.3. The fourth-order valence-corrected chi connectivity index (χ4v) is 11.7. The first-order valence-corrected chi connectivity index (χ1v) is 24.7. The van der Waals surface area contributed by atoms with Crippen LogP contribution in [0.15, 0.2) is 105 Å². The highest BCUT2D eigenvalue weighted by Gasteiger charge is 2.31. The van der Waals surface area contributed by atoms with Crippen LogP contribution in [0.3, 0.4) is 0 Å². The van der Waals surface area contributed by atoms with Crippen molar-refractivity contribution in [2.24, 2.45) is 0 Å². The Morgan fingerprint density at radius 2 is 0.844 bits per heavy atom. The van der Waals surface area contributed by atoms with E-state index in [1.165, 1.54) is 19.9 Å². The number of thiazole rings is 2. The van der Waals surface area contributed by atoms with Gasteiger partial charge in [0.2, 0.25) is 20.0 Å². The summed E-state index contributed by atoms with van der Waals surface area (Å²) in [4.78, 5) is 14.3. The van der Waals surface area contributed by atoms with Gasteiger partial charge in [0.25, 0.3) is 0 Å². The van der Waals surface area contributed by atoms with Gasteiger partial charge in [-0.05, 0) is 78.9 Å². The molecule has 2 fully saturated rings. The third-order valence-corrected chi connectivity index (χ3v) is 16.4. The molecule has 0 atom stereocenters. The summed E-state index contributed by atoms with van der Waals surface area (Å²) in [5.74, 6) is 3.97. The molecule has 4 aromatic carbocycles. The van der Waals surface area contributed by atoms with E-state index in [4.69, 9.17) is 38.4 Å². The molecule has 0 bridgehead atoms. The van der Waals surface area contributed by atoms with E-state index in [0.717, 1.165) is 32.8 Å². The fourth-order valence-electron chi connectivity index (χ4n) is 7.07. The van der Waals surface area contributed by atoms with Crippen molar-refractivity contribution in [3.05, 3.63) is 95.7 Å². The van der Waals surface area contributed by atoms with E-state index in [9.17, 15) is 16.8 Å². The minimum absolute atomic E-state index is 0.273. The van der Waals surface area contributed by atoms with Crippen molar-refractivity contribution >= 4 is 53.0 Å². The zero-order valence-electron chi connectivity index (χ0n) is 36.3. The number of hydrogen-bond donors (Lipinski definition) is 0. The zero-order chi connectivity index (χ0) is 45.4. The number of rotatable bonds is 14. The first kappa shape index (κ1) is 46.4. The Morgan fingerprint density at radius 1 is 0.438 bits per heavy atom. The number of nitrogens with zero attached hydrogens (tertiary/aromatic N) is 6. The van der Waals surface area contributed by atoms with Crippen LogP contribution in [0, 0.1) is 0 Å². The molecule has 2 saturated heterocycles. The summed E-state index contributed by atoms with van der Waals surface area (Å²) in [5.41, 5.74) is 3.52. The normalized spacial score (nSPS) is 14.9. The van der Waals surface area contributed by atoms with Crippen LogP contribution in [0.1, 0.15) is 0 Å². The Bertz CT molecular complexity index is 2690. The van der Waals surface area contributed by atoms with E-state index in [0.29, 0.717) is 86.9 Å². The zero-order valence-corrected chi connectivity index (χ0v) is 39.6. The number of sulfonamides is 2. The maximum Gasteiger partial charge on any atom is 0.243 e. The maximum atomic E-state index is 13.0. The Hall–Kier alpha value is -5.64. The number of hydrogen-bond acceptors (Lipinski definition) is 16. The molecule has 0 N–H and O–H groups in total. The summed E-state index contributed by atoms with van der Waals surface area (Å²) in [5, 5.41) is 5.72. The second-order valence-electron chi connectivity index (χ2n) is 14.3. The second kappa shape index (κ2) is 20.5. The quantitative estimate of drug-likeness (QED) is 0.114. The van der Waals surface area contributed by atoms with Gasteiger partial charge >= 0.3 is 0 Å². The first-order valence-electron chi connectivity index (χ1n) is 20.1. The lowest BCUT2D eigenvalue weighted by atomic mass is 10.1. The van der Waals surface area contributed by atoms with Gasteiger partial charge in [-0.1, -0.05) is 0 Å². The topological polar surface area (TPSA) is 162 Å². The van der Waals surface area contributed by atoms with Crippen molar-refractivity contribution in [3.63, 3.8) is 0 Å². The van der Waals surface area contributed by atoms with E-state index in [1.54, 1.807) is 103 Å². The third kappa shape index (κ3) is 10.3. The summed E-state index contributed by atoms with van der Waals surface area (Å²) < 4.78 is 86.5. The molecule has 0 saturated carbocycles. The number of ether oxygens (including phenoxy) is 6. The van der Waals surface area contributed by atoms with Gasteiger partial charge in [0, 0.05) is 80.3 Å². The highest BCUT2D eigenvalue weighted by molar-refractivity contribution is 7.89. The van der Waals surface area contributed by atoms with Crippen LogP contribution in [0.5, 0.6) is 34.5 Å². The Balaban J connectivity index is 0.000000191. The van der Waals surface area contributed by atoms with Crippen molar-refractivity contribution in [3.8, 4) is 57.0 Å². The molecular weight excluding hydrogens is 901 g/mol. The molecule has 0 aliphatic carbocycles. The molecule has 16 nitrogen and oxygen atoms in total. The minimum atomic E-state index is -3.54. The molecule has 64 heavy (non-hydrogen) atoms. The molecule has 6 aromatic rings. The number of aromatic nitrogens is 2. The summed E-state index contributed by atoms with van der Waals surface area (Å²) in [6.45, 7) is 3.90. The highest BCUT2D eigenvalue weighted by Crippen LogP contribution is 2.36. The molecule has 0 spiro atoms. The molecule has 2 aliphatic heterocycles. The molecule has 8 rings (SSSR count). The first-order chi connectivity index (χ1) is 30.9. The van der Waals surface area contributed by atoms with E-state index < -0.39 is 20.0 Å². The molecule has 0 radical (unpaired) electrons. The van der Waals surface area contributed by atoms with E-state index in [1.807, 2.05) is 47.2 Å². The molecule has 4 heterocycles. The van der Waals surface area contributed by atoms with Crippen LogP contribution in [0.2, 0.25) is 0 Å². The lowest BCUT2D eigenvalue weighted by Gasteiger charge is -2.33. The third-order valence-electron chi connectivity index (χ3n) is 10.7. The van der Waals surface area contributed by atoms with E-state index in [2.05, 4.69) is 9.80 Å². The lowest BCUT2D eigenvalue weighted by molar-refractivity contribution is 0.355. The van der Waals surface area contributed by atoms with Gasteiger partial charge in [-0.3, -0.25) is 0 Å². The van der Waals surface area contributed by atoms with Crippen molar-refractivity contribution in [1.29, 1.82) is 0 Å². The molecule has 2 aliphatic rings. The SMILES string of the molecule is COc1ccc(S(=O)(=O)N2CCN(c3nc(-c4cc(OC)cc(OC)c4)cs3)CC2)cc1.COc1ccc(S(=O)(=O)N2CCN(c3nc(-c4ccc(OC)c(OC)c4)cs3)CC2)cc1.